The number of nitrogens with zero attached hydrogens (tertiary/aromatic N) is 3. The van der Waals surface area contributed by atoms with E-state index in [-0.39, 0.29) is 35.6 Å². The van der Waals surface area contributed by atoms with E-state index >= 15 is 0 Å². The summed E-state index contributed by atoms with van der Waals surface area (Å²) in [5.41, 5.74) is 3.19. The summed E-state index contributed by atoms with van der Waals surface area (Å²) in [6, 6.07) is 5.55. The highest BCUT2D eigenvalue weighted by Crippen LogP contribution is 2.38. The first kappa shape index (κ1) is 26.7. The van der Waals surface area contributed by atoms with Crippen LogP contribution < -0.4 is 10.6 Å². The Morgan fingerprint density at radius 3 is 2.66 bits per heavy atom. The summed E-state index contributed by atoms with van der Waals surface area (Å²) in [4.78, 5) is 38.3. The average molecular weight is 538 g/mol. The molecule has 1 saturated heterocycles. The zero-order chi connectivity index (χ0) is 26.8. The number of carbonyl (C=O) groups is 2. The van der Waals surface area contributed by atoms with Crippen molar-refractivity contribution >= 4 is 34.1 Å². The Labute approximate surface area is 227 Å². The third-order valence-corrected chi connectivity index (χ3v) is 8.97. The fourth-order valence-corrected chi connectivity index (χ4v) is 6.80. The van der Waals surface area contributed by atoms with Crippen LogP contribution in [0.2, 0.25) is 0 Å². The predicted octanol–water partition coefficient (Wildman–Crippen LogP) is 5.14. The number of fused-ring (bicyclic) bond motifs is 1. The second-order valence-corrected chi connectivity index (χ2v) is 11.5. The van der Waals surface area contributed by atoms with Crippen LogP contribution in [0.3, 0.4) is 0 Å². The monoisotopic (exact) mass is 537 g/mol. The van der Waals surface area contributed by atoms with E-state index in [0.29, 0.717) is 6.54 Å². The van der Waals surface area contributed by atoms with Gasteiger partial charge in [0.1, 0.15) is 16.9 Å². The van der Waals surface area contributed by atoms with Crippen molar-refractivity contribution in [1.29, 1.82) is 0 Å². The van der Waals surface area contributed by atoms with Crippen molar-refractivity contribution in [1.82, 2.24) is 25.5 Å². The minimum Gasteiger partial charge on any atom is -0.343 e. The van der Waals surface area contributed by atoms with Crippen LogP contribution in [0.15, 0.2) is 29.6 Å². The van der Waals surface area contributed by atoms with E-state index in [1.54, 1.807) is 13.1 Å². The zero-order valence-electron chi connectivity index (χ0n) is 22.3. The molecule has 202 valence electrons. The highest BCUT2D eigenvalue weighted by molar-refractivity contribution is 7.10. The lowest BCUT2D eigenvalue weighted by atomic mass is 9.83. The maximum absolute atomic E-state index is 14.1. The average Bonchev–Trinajstić information content (AvgIpc) is 3.61. The topological polar surface area (TPSA) is 87.2 Å². The molecule has 1 aliphatic heterocycles. The van der Waals surface area contributed by atoms with Gasteiger partial charge in [-0.3, -0.25) is 14.6 Å². The molecular formula is C29H36FN5O2S. The van der Waals surface area contributed by atoms with Gasteiger partial charge in [0.2, 0.25) is 11.8 Å². The molecule has 1 saturated carbocycles. The summed E-state index contributed by atoms with van der Waals surface area (Å²) in [7, 11) is 1.75. The van der Waals surface area contributed by atoms with Crippen LogP contribution in [-0.4, -0.2) is 52.4 Å². The Morgan fingerprint density at radius 2 is 1.89 bits per heavy atom. The third kappa shape index (κ3) is 5.45. The van der Waals surface area contributed by atoms with E-state index in [1.807, 2.05) is 30.2 Å². The minimum absolute atomic E-state index is 0.0000736. The molecule has 3 aromatic rings. The minimum atomic E-state index is -0.520. The number of likely N-dealkylation sites (N-methyl/N-ethyl adjacent to an activating group) is 1. The van der Waals surface area contributed by atoms with Crippen molar-refractivity contribution in [2.75, 3.05) is 13.6 Å². The quantitative estimate of drug-likeness (QED) is 0.436. The molecule has 2 N–H and O–H groups in total. The summed E-state index contributed by atoms with van der Waals surface area (Å²) >= 11 is 1.53. The fraction of sp³-hybridized carbons (Fsp3) is 0.517. The fourth-order valence-electron chi connectivity index (χ4n) is 5.83. The Morgan fingerprint density at radius 1 is 1.11 bits per heavy atom. The Balaban J connectivity index is 1.42. The van der Waals surface area contributed by atoms with Gasteiger partial charge in [0.05, 0.1) is 23.3 Å². The number of halogens is 1. The van der Waals surface area contributed by atoms with E-state index in [0.717, 1.165) is 71.4 Å². The number of hydrogen-bond acceptors (Lipinski definition) is 6. The number of aryl methyl sites for hydroxylation is 1. The van der Waals surface area contributed by atoms with Gasteiger partial charge < -0.3 is 15.5 Å². The van der Waals surface area contributed by atoms with E-state index < -0.39 is 6.04 Å². The third-order valence-electron chi connectivity index (χ3n) is 8.03. The maximum atomic E-state index is 14.1. The van der Waals surface area contributed by atoms with Gasteiger partial charge in [-0.1, -0.05) is 19.3 Å². The van der Waals surface area contributed by atoms with Gasteiger partial charge in [-0.25, -0.2) is 9.37 Å². The molecule has 1 aromatic carbocycles. The van der Waals surface area contributed by atoms with Crippen LogP contribution in [-0.2, 0) is 9.59 Å². The Kier molecular flexibility index (Phi) is 8.04. The van der Waals surface area contributed by atoms with E-state index in [4.69, 9.17) is 4.98 Å². The molecule has 1 aliphatic carbocycles. The standard InChI is InChI=1S/C29H36FN5O2S/c1-17-14-21(22-15-20(30)11-12-23(22)32-17)24-16-38-28(33-24)25-10-7-13-35(25)29(37)26(19-8-5-4-6-9-19)34-27(36)18(2)31-3/h11-12,14-16,18-19,25-26,31H,4-10,13H2,1-3H3,(H,34,36)/t18-,25-,26-/m0/s1. The number of rotatable bonds is 7. The number of benzene rings is 1. The van der Waals surface area contributed by atoms with Crippen LogP contribution in [0.25, 0.3) is 22.2 Å². The van der Waals surface area contributed by atoms with Gasteiger partial charge >= 0.3 is 0 Å². The van der Waals surface area contributed by atoms with Crippen molar-refractivity contribution in [2.24, 2.45) is 5.92 Å². The van der Waals surface area contributed by atoms with E-state index in [1.165, 1.54) is 29.9 Å². The molecule has 0 spiro atoms. The SMILES string of the molecule is CN[C@@H](C)C(=O)N[C@H](C(=O)N1CCC[C@H]1c1nc(-c2cc(C)nc3ccc(F)cc23)cs1)C1CCCCC1. The van der Waals surface area contributed by atoms with Gasteiger partial charge in [-0.05, 0) is 76.8 Å². The summed E-state index contributed by atoms with van der Waals surface area (Å²) in [5.74, 6) is -0.301. The second kappa shape index (κ2) is 11.5. The predicted molar refractivity (Wildman–Crippen MR) is 148 cm³/mol. The van der Waals surface area contributed by atoms with Crippen LogP contribution in [0.4, 0.5) is 4.39 Å². The van der Waals surface area contributed by atoms with E-state index in [2.05, 4.69) is 15.6 Å². The number of amides is 2. The molecule has 2 amide bonds. The van der Waals surface area contributed by atoms with E-state index in [9.17, 15) is 14.0 Å². The lowest BCUT2D eigenvalue weighted by molar-refractivity contribution is -0.139. The van der Waals surface area contributed by atoms with Crippen molar-refractivity contribution in [3.8, 4) is 11.3 Å². The molecular weight excluding hydrogens is 501 g/mol. The zero-order valence-corrected chi connectivity index (χ0v) is 23.1. The summed E-state index contributed by atoms with van der Waals surface area (Å²) in [5, 5.41) is 9.67. The Bertz CT molecular complexity index is 1320. The van der Waals surface area contributed by atoms with Crippen molar-refractivity contribution in [3.63, 3.8) is 0 Å². The van der Waals surface area contributed by atoms with Crippen molar-refractivity contribution < 1.29 is 14.0 Å². The number of pyridine rings is 1. The number of nitrogens with one attached hydrogen (secondary N) is 2. The molecule has 2 aromatic heterocycles. The molecule has 2 aliphatic rings. The van der Waals surface area contributed by atoms with Gasteiger partial charge in [0.15, 0.2) is 0 Å². The highest BCUT2D eigenvalue weighted by atomic mass is 32.1. The first-order chi connectivity index (χ1) is 18.4. The van der Waals surface area contributed by atoms with Crippen LogP contribution >= 0.6 is 11.3 Å². The molecule has 2 fully saturated rings. The number of thiazole rings is 1. The highest BCUT2D eigenvalue weighted by Gasteiger charge is 2.40. The normalized spacial score (nSPS) is 20.0. The molecule has 3 atom stereocenters. The smallest absolute Gasteiger partial charge is 0.246 e. The molecule has 38 heavy (non-hydrogen) atoms. The molecule has 5 rings (SSSR count). The first-order valence-corrected chi connectivity index (χ1v) is 14.5. The molecule has 7 nitrogen and oxygen atoms in total. The van der Waals surface area contributed by atoms with Gasteiger partial charge in [-0.2, -0.15) is 0 Å². The number of hydrogen-bond donors (Lipinski definition) is 2. The summed E-state index contributed by atoms with van der Waals surface area (Å²) in [6.07, 6.45) is 6.99. The first-order valence-electron chi connectivity index (χ1n) is 13.7. The lowest BCUT2D eigenvalue weighted by Crippen LogP contribution is -2.55. The molecule has 0 radical (unpaired) electrons. The molecule has 9 heteroatoms. The van der Waals surface area contributed by atoms with Gasteiger partial charge in [-0.15, -0.1) is 11.3 Å². The molecule has 0 unspecified atom stereocenters. The summed E-state index contributed by atoms with van der Waals surface area (Å²) < 4.78 is 14.1. The lowest BCUT2D eigenvalue weighted by Gasteiger charge is -2.35. The largest absolute Gasteiger partial charge is 0.343 e. The number of carbonyl (C=O) groups excluding carboxylic acids is 2. The van der Waals surface area contributed by atoms with Crippen LogP contribution in [0.5, 0.6) is 0 Å². The Hall–Kier alpha value is -2.91. The molecule has 0 bridgehead atoms. The van der Waals surface area contributed by atoms with Crippen LogP contribution in [0, 0.1) is 18.7 Å². The maximum Gasteiger partial charge on any atom is 0.246 e. The van der Waals surface area contributed by atoms with Crippen LogP contribution in [0.1, 0.15) is 68.6 Å². The number of aromatic nitrogens is 2. The van der Waals surface area contributed by atoms with Crippen molar-refractivity contribution in [3.05, 3.63) is 46.2 Å². The summed E-state index contributed by atoms with van der Waals surface area (Å²) in [6.45, 7) is 4.39. The second-order valence-electron chi connectivity index (χ2n) is 10.6. The number of likely N-dealkylation sites (tertiary alicyclic amines) is 1. The van der Waals surface area contributed by atoms with Crippen molar-refractivity contribution in [2.45, 2.75) is 76.9 Å². The molecule has 3 heterocycles. The van der Waals surface area contributed by atoms with Gasteiger partial charge in [0.25, 0.3) is 0 Å². The van der Waals surface area contributed by atoms with Gasteiger partial charge in [0, 0.05) is 28.6 Å².